The molecule has 3 aliphatic rings. The summed E-state index contributed by atoms with van der Waals surface area (Å²) < 4.78 is 24.0. The van der Waals surface area contributed by atoms with Crippen LogP contribution in [-0.4, -0.2) is 53.9 Å². The van der Waals surface area contributed by atoms with Crippen LogP contribution in [0.1, 0.15) is 35.6 Å². The van der Waals surface area contributed by atoms with E-state index in [1.54, 1.807) is 35.9 Å². The molecular weight excluding hydrogens is 708 g/mol. The number of anilines is 1. The zero-order valence-electron chi connectivity index (χ0n) is 25.3. The number of hydrogen-bond acceptors (Lipinski definition) is 6. The minimum Gasteiger partial charge on any atom is -0.394 e. The third kappa shape index (κ3) is 5.49. The van der Waals surface area contributed by atoms with Gasteiger partial charge in [-0.2, -0.15) is 0 Å². The Morgan fingerprint density at radius 1 is 1.16 bits per heavy atom. The number of nitro benzene ring substituents is 1. The zero-order valence-corrected chi connectivity index (χ0v) is 28.4. The van der Waals surface area contributed by atoms with Gasteiger partial charge in [0.05, 0.1) is 42.3 Å². The molecule has 0 saturated carbocycles. The molecule has 0 aliphatic carbocycles. The van der Waals surface area contributed by atoms with Crippen LogP contribution < -0.4 is 4.90 Å². The second-order valence-corrected chi connectivity index (χ2v) is 17.8. The van der Waals surface area contributed by atoms with E-state index in [0.29, 0.717) is 24.2 Å². The third-order valence-corrected chi connectivity index (χ3v) is 12.8. The number of halogens is 2. The van der Waals surface area contributed by atoms with Crippen molar-refractivity contribution in [2.24, 2.45) is 5.92 Å². The van der Waals surface area contributed by atoms with Gasteiger partial charge in [-0.1, -0.05) is 43.3 Å². The van der Waals surface area contributed by atoms with Crippen LogP contribution in [0, 0.1) is 19.6 Å². The van der Waals surface area contributed by atoms with E-state index in [1.165, 1.54) is 12.1 Å². The van der Waals surface area contributed by atoms with E-state index in [2.05, 4.69) is 22.6 Å². The van der Waals surface area contributed by atoms with Crippen molar-refractivity contribution >= 4 is 54.2 Å². The fraction of sp³-hybridized carbons (Fsp3) is 0.394. The second kappa shape index (κ2) is 11.9. The highest BCUT2D eigenvalue weighted by Gasteiger charge is 2.67. The van der Waals surface area contributed by atoms with E-state index in [-0.39, 0.29) is 31.2 Å². The molecule has 5 atom stereocenters. The van der Waals surface area contributed by atoms with E-state index < -0.39 is 48.4 Å². The van der Waals surface area contributed by atoms with E-state index in [9.17, 15) is 24.8 Å². The van der Waals surface area contributed by atoms with Crippen LogP contribution in [0.2, 0.25) is 18.6 Å². The van der Waals surface area contributed by atoms with Gasteiger partial charge in [0.15, 0.2) is 5.60 Å². The number of fused-ring (bicyclic) bond motifs is 3. The Hall–Kier alpha value is -3.20. The summed E-state index contributed by atoms with van der Waals surface area (Å²) in [6.45, 7) is 5.17. The molecular formula is C33H35FIN3O6Si. The number of benzene rings is 3. The molecule has 1 N–H and O–H groups in total. The fourth-order valence-corrected chi connectivity index (χ4v) is 10.8. The topological polar surface area (TPSA) is 113 Å². The first-order valence-corrected chi connectivity index (χ1v) is 19.1. The molecule has 0 radical (unpaired) electrons. The summed E-state index contributed by atoms with van der Waals surface area (Å²) in [5.41, 5.74) is 1.10. The Morgan fingerprint density at radius 2 is 1.89 bits per heavy atom. The van der Waals surface area contributed by atoms with Gasteiger partial charge < -0.3 is 23.8 Å². The number of nitrogens with zero attached hydrogens (tertiary/aromatic N) is 3. The standard InChI is InChI=1S/C33H35FIN3O6Si/c1-20-31(45(2,3)34)29(16-30(40)36-18-23-9-5-4-8-22(23)14-26(36)19-39)44-33(20)27-15-25(38(42)43)11-12-28(27)37(32(33)41)17-21-7-6-10-24(35)13-21/h4-13,15,20,26,29,31,39H,14,16-19H2,1-3H3/t20-,26+,29+,31-,33+/m1/s1. The Kier molecular flexibility index (Phi) is 8.38. The number of aliphatic hydroxyl groups excluding tert-OH is 1. The lowest BCUT2D eigenvalue weighted by Crippen LogP contribution is -2.48. The van der Waals surface area contributed by atoms with Crippen molar-refractivity contribution in [1.82, 2.24) is 4.90 Å². The van der Waals surface area contributed by atoms with Crippen LogP contribution >= 0.6 is 22.6 Å². The maximum absolute atomic E-state index is 16.3. The summed E-state index contributed by atoms with van der Waals surface area (Å²) in [6.07, 6.45) is -0.617. The highest BCUT2D eigenvalue weighted by molar-refractivity contribution is 14.1. The number of ether oxygens (including phenoxy) is 1. The van der Waals surface area contributed by atoms with Gasteiger partial charge in [0.2, 0.25) is 14.3 Å². The lowest BCUT2D eigenvalue weighted by atomic mass is 9.82. The lowest BCUT2D eigenvalue weighted by molar-refractivity contribution is -0.385. The van der Waals surface area contributed by atoms with Crippen molar-refractivity contribution in [3.05, 3.63) is 103 Å². The molecule has 2 amide bonds. The van der Waals surface area contributed by atoms with Crippen molar-refractivity contribution in [3.8, 4) is 0 Å². The first kappa shape index (κ1) is 31.8. The molecule has 0 aromatic heterocycles. The largest absolute Gasteiger partial charge is 0.394 e. The molecule has 3 heterocycles. The molecule has 1 saturated heterocycles. The Labute approximate surface area is 275 Å². The van der Waals surface area contributed by atoms with Gasteiger partial charge in [0.1, 0.15) is 0 Å². The summed E-state index contributed by atoms with van der Waals surface area (Å²) in [5.74, 6) is -1.41. The van der Waals surface area contributed by atoms with Crippen LogP contribution in [0.3, 0.4) is 0 Å². The van der Waals surface area contributed by atoms with Crippen molar-refractivity contribution in [3.63, 3.8) is 0 Å². The molecule has 6 rings (SSSR count). The minimum atomic E-state index is -3.58. The van der Waals surface area contributed by atoms with E-state index in [0.717, 1.165) is 20.3 Å². The Bertz CT molecular complexity index is 1680. The van der Waals surface area contributed by atoms with Gasteiger partial charge in [-0.05, 0) is 77.0 Å². The number of carbonyl (C=O) groups is 2. The predicted molar refractivity (Wildman–Crippen MR) is 178 cm³/mol. The van der Waals surface area contributed by atoms with Gasteiger partial charge in [-0.15, -0.1) is 0 Å². The third-order valence-electron chi connectivity index (χ3n) is 9.65. The molecule has 3 aliphatic heterocycles. The van der Waals surface area contributed by atoms with Gasteiger partial charge in [-0.25, -0.2) is 0 Å². The van der Waals surface area contributed by atoms with Gasteiger partial charge >= 0.3 is 0 Å². The number of non-ortho nitro benzene ring substituents is 1. The van der Waals surface area contributed by atoms with Gasteiger partial charge in [-0.3, -0.25) is 19.7 Å². The van der Waals surface area contributed by atoms with Crippen molar-refractivity contribution in [2.45, 2.75) is 69.2 Å². The predicted octanol–water partition coefficient (Wildman–Crippen LogP) is 5.86. The van der Waals surface area contributed by atoms with Crippen LogP contribution in [0.25, 0.3) is 0 Å². The summed E-state index contributed by atoms with van der Waals surface area (Å²) in [5, 5.41) is 22.1. The number of aliphatic hydroxyl groups is 1. The molecule has 236 valence electrons. The Morgan fingerprint density at radius 3 is 2.56 bits per heavy atom. The van der Waals surface area contributed by atoms with Crippen molar-refractivity contribution < 1.29 is 28.5 Å². The highest BCUT2D eigenvalue weighted by atomic mass is 127. The van der Waals surface area contributed by atoms with Gasteiger partial charge in [0.25, 0.3) is 11.6 Å². The molecule has 12 heteroatoms. The Balaban J connectivity index is 1.39. The average molecular weight is 744 g/mol. The van der Waals surface area contributed by atoms with Crippen molar-refractivity contribution in [1.29, 1.82) is 0 Å². The SMILES string of the molecule is C[C@@H]1[C@@H]([Si](C)(C)F)[C@H](CC(=O)N2Cc3ccccc3C[C@H]2CO)O[C@@]12C(=O)N(Cc1cccc(I)c1)c1ccc([N+](=O)[O-])cc12. The summed E-state index contributed by atoms with van der Waals surface area (Å²) in [7, 11) is -3.58. The van der Waals surface area contributed by atoms with E-state index >= 15 is 4.11 Å². The zero-order chi connectivity index (χ0) is 32.3. The highest BCUT2D eigenvalue weighted by Crippen LogP contribution is 2.60. The average Bonchev–Trinajstić information content (AvgIpc) is 3.42. The van der Waals surface area contributed by atoms with Gasteiger partial charge in [0, 0.05) is 39.3 Å². The maximum atomic E-state index is 16.3. The quantitative estimate of drug-likeness (QED) is 0.107. The second-order valence-electron chi connectivity index (χ2n) is 12.8. The number of amides is 2. The fourth-order valence-electron chi connectivity index (χ4n) is 7.66. The number of rotatable bonds is 7. The molecule has 0 unspecified atom stereocenters. The minimum absolute atomic E-state index is 0.176. The molecule has 1 fully saturated rings. The van der Waals surface area contributed by atoms with Crippen LogP contribution in [-0.2, 0) is 39.4 Å². The van der Waals surface area contributed by atoms with Crippen molar-refractivity contribution in [2.75, 3.05) is 11.5 Å². The molecule has 3 aromatic carbocycles. The van der Waals surface area contributed by atoms with Crippen LogP contribution in [0.4, 0.5) is 15.5 Å². The summed E-state index contributed by atoms with van der Waals surface area (Å²) in [6, 6.07) is 19.3. The first-order valence-electron chi connectivity index (χ1n) is 15.0. The summed E-state index contributed by atoms with van der Waals surface area (Å²) >= 11 is 2.20. The normalized spacial score (nSPS) is 25.9. The maximum Gasteiger partial charge on any atom is 0.269 e. The van der Waals surface area contributed by atoms with E-state index in [1.807, 2.05) is 48.5 Å². The number of carbonyl (C=O) groups excluding carboxylic acids is 2. The number of nitro groups is 1. The van der Waals surface area contributed by atoms with Crippen LogP contribution in [0.15, 0.2) is 66.7 Å². The monoisotopic (exact) mass is 743 g/mol. The lowest BCUT2D eigenvalue weighted by Gasteiger charge is -2.37. The van der Waals surface area contributed by atoms with E-state index in [4.69, 9.17) is 4.74 Å². The first-order chi connectivity index (χ1) is 21.3. The summed E-state index contributed by atoms with van der Waals surface area (Å²) in [4.78, 5) is 43.1. The molecule has 1 spiro atoms. The molecule has 3 aromatic rings. The molecule has 0 bridgehead atoms. The molecule has 45 heavy (non-hydrogen) atoms. The molecule has 9 nitrogen and oxygen atoms in total. The smallest absolute Gasteiger partial charge is 0.269 e. The number of hydrogen-bond donors (Lipinski definition) is 1. The van der Waals surface area contributed by atoms with Crippen LogP contribution in [0.5, 0.6) is 0 Å².